The monoisotopic (exact) mass is 439 g/mol. The van der Waals surface area contributed by atoms with E-state index in [0.717, 1.165) is 63.3 Å². The van der Waals surface area contributed by atoms with Gasteiger partial charge in [0, 0.05) is 47.5 Å². The standard InChI is InChI=1S/C21H24ClF2N3OS/c22-14-5-6-15(23)17(18(14)24)21-9-13(21)19-16(26-20(29)27(19)11-21)4-1-7-25-12-3-2-8-28-10-12/h5-6,12-13,25H,1-4,7-11H2,(H,26,29)/t12-,13-,21-/m0/s1. The van der Waals surface area contributed by atoms with Crippen molar-refractivity contribution in [3.05, 3.63) is 50.5 Å². The quantitative estimate of drug-likeness (QED) is 0.392. The largest absolute Gasteiger partial charge is 0.380 e. The topological polar surface area (TPSA) is 42.0 Å². The highest BCUT2D eigenvalue weighted by Crippen LogP contribution is 2.67. The molecule has 0 unspecified atom stereocenters. The van der Waals surface area contributed by atoms with E-state index in [2.05, 4.69) is 10.3 Å². The van der Waals surface area contributed by atoms with Crippen LogP contribution in [0.4, 0.5) is 8.78 Å². The minimum atomic E-state index is -0.629. The lowest BCUT2D eigenvalue weighted by molar-refractivity contribution is 0.0705. The van der Waals surface area contributed by atoms with Crippen molar-refractivity contribution < 1.29 is 13.5 Å². The second-order valence-electron chi connectivity index (χ2n) is 8.48. The van der Waals surface area contributed by atoms with Crippen LogP contribution in [0.1, 0.15) is 48.6 Å². The molecule has 1 aliphatic carbocycles. The fourth-order valence-electron chi connectivity index (χ4n) is 5.21. The number of aromatic amines is 1. The summed E-state index contributed by atoms with van der Waals surface area (Å²) in [6.07, 6.45) is 4.83. The van der Waals surface area contributed by atoms with E-state index in [1.165, 1.54) is 12.1 Å². The maximum Gasteiger partial charge on any atom is 0.177 e. The van der Waals surface area contributed by atoms with E-state index < -0.39 is 17.0 Å². The van der Waals surface area contributed by atoms with Gasteiger partial charge in [-0.05, 0) is 63.0 Å². The Morgan fingerprint density at radius 2 is 2.24 bits per heavy atom. The molecular weight excluding hydrogens is 416 g/mol. The summed E-state index contributed by atoms with van der Waals surface area (Å²) in [5, 5.41) is 3.53. The predicted octanol–water partition coefficient (Wildman–Crippen LogP) is 4.62. The van der Waals surface area contributed by atoms with Crippen LogP contribution in [0.25, 0.3) is 0 Å². The first-order chi connectivity index (χ1) is 14.0. The zero-order valence-electron chi connectivity index (χ0n) is 16.1. The van der Waals surface area contributed by atoms with Crippen molar-refractivity contribution in [1.29, 1.82) is 0 Å². The van der Waals surface area contributed by atoms with E-state index in [0.29, 0.717) is 17.4 Å². The molecule has 1 saturated heterocycles. The molecule has 29 heavy (non-hydrogen) atoms. The van der Waals surface area contributed by atoms with Gasteiger partial charge >= 0.3 is 0 Å². The van der Waals surface area contributed by atoms with E-state index in [4.69, 9.17) is 28.6 Å². The van der Waals surface area contributed by atoms with Gasteiger partial charge in [-0.3, -0.25) is 0 Å². The Hall–Kier alpha value is -1.28. The average molecular weight is 440 g/mol. The number of fused-ring (bicyclic) bond motifs is 3. The Morgan fingerprint density at radius 3 is 3.03 bits per heavy atom. The Labute approximate surface area is 178 Å². The number of H-pyrrole nitrogens is 1. The molecule has 1 aromatic heterocycles. The lowest BCUT2D eigenvalue weighted by atomic mass is 9.92. The van der Waals surface area contributed by atoms with E-state index in [9.17, 15) is 8.78 Å². The van der Waals surface area contributed by atoms with Crippen LogP contribution >= 0.6 is 23.8 Å². The Kier molecular flexibility index (Phi) is 5.05. The second kappa shape index (κ2) is 7.45. The van der Waals surface area contributed by atoms with E-state index in [-0.39, 0.29) is 16.5 Å². The molecule has 2 aromatic rings. The van der Waals surface area contributed by atoms with Crippen LogP contribution in [0.5, 0.6) is 0 Å². The molecule has 3 heterocycles. The van der Waals surface area contributed by atoms with E-state index in [1.807, 2.05) is 4.57 Å². The summed E-state index contributed by atoms with van der Waals surface area (Å²) in [7, 11) is 0. The number of hydrogen-bond acceptors (Lipinski definition) is 3. The summed E-state index contributed by atoms with van der Waals surface area (Å²) in [5.41, 5.74) is 1.79. The van der Waals surface area contributed by atoms with Crippen molar-refractivity contribution in [3.8, 4) is 0 Å². The Balaban J connectivity index is 1.31. The van der Waals surface area contributed by atoms with Crippen molar-refractivity contribution in [2.45, 2.75) is 56.0 Å². The lowest BCUT2D eigenvalue weighted by Crippen LogP contribution is -2.37. The number of nitrogens with zero attached hydrogens (tertiary/aromatic N) is 1. The number of benzene rings is 1. The van der Waals surface area contributed by atoms with Crippen molar-refractivity contribution in [1.82, 2.24) is 14.9 Å². The highest BCUT2D eigenvalue weighted by atomic mass is 35.5. The molecule has 2 aliphatic heterocycles. The van der Waals surface area contributed by atoms with Gasteiger partial charge in [0.2, 0.25) is 0 Å². The number of halogens is 3. The molecule has 2 fully saturated rings. The van der Waals surface area contributed by atoms with Crippen LogP contribution in [0.2, 0.25) is 5.02 Å². The molecule has 8 heteroatoms. The molecule has 3 atom stereocenters. The van der Waals surface area contributed by atoms with Gasteiger partial charge in [-0.2, -0.15) is 0 Å². The zero-order valence-corrected chi connectivity index (χ0v) is 17.6. The average Bonchev–Trinajstić information content (AvgIpc) is 3.19. The fourth-order valence-corrected chi connectivity index (χ4v) is 5.65. The summed E-state index contributed by atoms with van der Waals surface area (Å²) in [6, 6.07) is 2.98. The van der Waals surface area contributed by atoms with Crippen LogP contribution in [0.15, 0.2) is 12.1 Å². The molecule has 0 amide bonds. The van der Waals surface area contributed by atoms with Gasteiger partial charge < -0.3 is 19.6 Å². The maximum absolute atomic E-state index is 14.7. The first-order valence-corrected chi connectivity index (χ1v) is 11.1. The molecule has 3 aliphatic rings. The third-order valence-corrected chi connectivity index (χ3v) is 7.30. The van der Waals surface area contributed by atoms with Crippen LogP contribution < -0.4 is 5.32 Å². The molecule has 156 valence electrons. The van der Waals surface area contributed by atoms with Crippen LogP contribution in [0.3, 0.4) is 0 Å². The zero-order chi connectivity index (χ0) is 20.2. The maximum atomic E-state index is 14.7. The van der Waals surface area contributed by atoms with Crippen LogP contribution in [0, 0.1) is 16.4 Å². The molecule has 0 spiro atoms. The minimum Gasteiger partial charge on any atom is -0.380 e. The number of rotatable bonds is 6. The molecule has 1 aromatic carbocycles. The Bertz CT molecular complexity index is 1000. The van der Waals surface area contributed by atoms with Gasteiger partial charge in [-0.1, -0.05) is 11.6 Å². The summed E-state index contributed by atoms with van der Waals surface area (Å²) in [4.78, 5) is 3.33. The summed E-state index contributed by atoms with van der Waals surface area (Å²) in [5.74, 6) is -1.06. The fraction of sp³-hybridized carbons (Fsp3) is 0.571. The third-order valence-electron chi connectivity index (χ3n) is 6.69. The van der Waals surface area contributed by atoms with Crippen molar-refractivity contribution in [3.63, 3.8) is 0 Å². The highest BCUT2D eigenvalue weighted by molar-refractivity contribution is 7.71. The first-order valence-electron chi connectivity index (χ1n) is 10.3. The molecule has 0 bridgehead atoms. The summed E-state index contributed by atoms with van der Waals surface area (Å²) >= 11 is 11.5. The molecular formula is C21H24ClF2N3OS. The minimum absolute atomic E-state index is 0.0267. The van der Waals surface area contributed by atoms with Crippen molar-refractivity contribution >= 4 is 23.8 Å². The number of nitrogens with one attached hydrogen (secondary N) is 2. The van der Waals surface area contributed by atoms with Crippen LogP contribution in [-0.4, -0.2) is 35.4 Å². The molecule has 5 rings (SSSR count). The molecule has 0 radical (unpaired) electrons. The summed E-state index contributed by atoms with van der Waals surface area (Å²) in [6.45, 7) is 3.06. The van der Waals surface area contributed by atoms with Gasteiger partial charge in [-0.15, -0.1) is 0 Å². The second-order valence-corrected chi connectivity index (χ2v) is 9.28. The van der Waals surface area contributed by atoms with Crippen LogP contribution in [-0.2, 0) is 23.1 Å². The number of imidazole rings is 1. The van der Waals surface area contributed by atoms with E-state index in [1.54, 1.807) is 0 Å². The Morgan fingerprint density at radius 1 is 1.38 bits per heavy atom. The molecule has 2 N–H and O–H groups in total. The van der Waals surface area contributed by atoms with E-state index >= 15 is 0 Å². The van der Waals surface area contributed by atoms with Gasteiger partial charge in [0.15, 0.2) is 4.77 Å². The predicted molar refractivity (Wildman–Crippen MR) is 110 cm³/mol. The third kappa shape index (κ3) is 3.26. The lowest BCUT2D eigenvalue weighted by Gasteiger charge is -2.23. The van der Waals surface area contributed by atoms with Gasteiger partial charge in [0.25, 0.3) is 0 Å². The molecule has 1 saturated carbocycles. The molecule has 4 nitrogen and oxygen atoms in total. The van der Waals surface area contributed by atoms with Gasteiger partial charge in [0.05, 0.1) is 11.6 Å². The first kappa shape index (κ1) is 19.7. The SMILES string of the molecule is Fc1ccc(Cl)c(F)c1[C@]12C[C@H]1c1c(CCCN[C@H]3CCCOC3)[nH]c(=S)n1C2. The van der Waals surface area contributed by atoms with Crippen molar-refractivity contribution in [2.24, 2.45) is 0 Å². The number of aromatic nitrogens is 2. The number of ether oxygens (including phenoxy) is 1. The number of aryl methyl sites for hydroxylation is 1. The highest BCUT2D eigenvalue weighted by Gasteiger charge is 2.64. The van der Waals surface area contributed by atoms with Gasteiger partial charge in [-0.25, -0.2) is 8.78 Å². The van der Waals surface area contributed by atoms with Crippen molar-refractivity contribution in [2.75, 3.05) is 19.8 Å². The smallest absolute Gasteiger partial charge is 0.177 e. The summed E-state index contributed by atoms with van der Waals surface area (Å²) < 4.78 is 37.4. The normalized spacial score (nSPS) is 27.7. The number of hydrogen-bond donors (Lipinski definition) is 2. The van der Waals surface area contributed by atoms with Gasteiger partial charge in [0.1, 0.15) is 11.6 Å².